The van der Waals surface area contributed by atoms with Crippen LogP contribution in [0, 0.1) is 11.8 Å². The van der Waals surface area contributed by atoms with E-state index in [1.54, 1.807) is 6.08 Å². The van der Waals surface area contributed by atoms with Gasteiger partial charge in [-0.15, -0.1) is 0 Å². The molecule has 144 valence electrons. The summed E-state index contributed by atoms with van der Waals surface area (Å²) in [5.74, 6) is 0.174. The normalized spacial score (nSPS) is 29.5. The second kappa shape index (κ2) is 10.1. The summed E-state index contributed by atoms with van der Waals surface area (Å²) in [5, 5.41) is 8.92. The van der Waals surface area contributed by atoms with Gasteiger partial charge in [0.05, 0.1) is 0 Å². The van der Waals surface area contributed by atoms with E-state index >= 15 is 0 Å². The molecule has 1 heterocycles. The largest absolute Gasteiger partial charge is 0.478 e. The molecule has 1 fully saturated rings. The van der Waals surface area contributed by atoms with Gasteiger partial charge in [-0.3, -0.25) is 0 Å². The van der Waals surface area contributed by atoms with E-state index in [1.807, 2.05) is 6.92 Å². The number of carboxylic acids is 1. The number of carboxylic acid groups (broad SMARTS) is 1. The predicted molar refractivity (Wildman–Crippen MR) is 101 cm³/mol. The number of rotatable bonds is 11. The molecule has 0 aromatic carbocycles. The van der Waals surface area contributed by atoms with Crippen LogP contribution in [0.2, 0.25) is 0 Å². The Balaban J connectivity index is 2.77. The Bertz CT molecular complexity index is 471. The molecule has 1 aliphatic rings. The molecule has 0 aromatic heterocycles. The van der Waals surface area contributed by atoms with Crippen molar-refractivity contribution in [1.29, 1.82) is 0 Å². The van der Waals surface area contributed by atoms with Crippen LogP contribution in [0.5, 0.6) is 0 Å². The molecule has 4 nitrogen and oxygen atoms in total. The topological polar surface area (TPSA) is 55.8 Å². The Morgan fingerprint density at radius 3 is 2.44 bits per heavy atom. The third-order valence-corrected chi connectivity index (χ3v) is 5.37. The van der Waals surface area contributed by atoms with Crippen molar-refractivity contribution >= 4 is 5.97 Å². The predicted octanol–water partition coefficient (Wildman–Crippen LogP) is 5.69. The Morgan fingerprint density at radius 2 is 1.92 bits per heavy atom. The minimum Gasteiger partial charge on any atom is -0.478 e. The summed E-state index contributed by atoms with van der Waals surface area (Å²) in [5.41, 5.74) is -0.953. The summed E-state index contributed by atoms with van der Waals surface area (Å²) >= 11 is 0. The molecule has 25 heavy (non-hydrogen) atoms. The highest BCUT2D eigenvalue weighted by molar-refractivity contribution is 5.79. The Morgan fingerprint density at radius 1 is 1.20 bits per heavy atom. The van der Waals surface area contributed by atoms with Gasteiger partial charge in [0.25, 0.3) is 0 Å². The maximum absolute atomic E-state index is 10.9. The van der Waals surface area contributed by atoms with Crippen molar-refractivity contribution in [3.8, 4) is 0 Å². The van der Waals surface area contributed by atoms with E-state index < -0.39 is 11.6 Å². The number of aliphatic carboxylic acids is 1. The molecule has 0 bridgehead atoms. The van der Waals surface area contributed by atoms with Gasteiger partial charge in [-0.25, -0.2) is 14.6 Å². The van der Waals surface area contributed by atoms with E-state index in [4.69, 9.17) is 14.9 Å². The number of carbonyl (C=O) groups is 1. The van der Waals surface area contributed by atoms with Crippen LogP contribution in [0.25, 0.3) is 0 Å². The van der Waals surface area contributed by atoms with Gasteiger partial charge in [0.15, 0.2) is 0 Å². The van der Waals surface area contributed by atoms with Gasteiger partial charge in [0.2, 0.25) is 0 Å². The third kappa shape index (κ3) is 6.59. The first-order valence-electron chi connectivity index (χ1n) is 9.79. The quantitative estimate of drug-likeness (QED) is 0.295. The van der Waals surface area contributed by atoms with Crippen molar-refractivity contribution in [1.82, 2.24) is 0 Å². The van der Waals surface area contributed by atoms with Crippen LogP contribution in [0.15, 0.2) is 24.3 Å². The van der Waals surface area contributed by atoms with Crippen LogP contribution >= 0.6 is 0 Å². The van der Waals surface area contributed by atoms with Crippen molar-refractivity contribution in [3.63, 3.8) is 0 Å². The second-order valence-electron chi connectivity index (χ2n) is 7.52. The fourth-order valence-corrected chi connectivity index (χ4v) is 3.77. The minimum absolute atomic E-state index is 0.328. The van der Waals surface area contributed by atoms with Crippen molar-refractivity contribution in [3.05, 3.63) is 24.3 Å². The first-order chi connectivity index (χ1) is 11.8. The molecule has 1 unspecified atom stereocenters. The van der Waals surface area contributed by atoms with E-state index in [2.05, 4.69) is 39.8 Å². The number of allylic oxidation sites excluding steroid dienone is 2. The lowest BCUT2D eigenvalue weighted by Crippen LogP contribution is -2.33. The van der Waals surface area contributed by atoms with Crippen LogP contribution in [-0.4, -0.2) is 22.3 Å². The molecule has 0 aromatic rings. The van der Waals surface area contributed by atoms with E-state index in [0.717, 1.165) is 32.1 Å². The smallest absolute Gasteiger partial charge is 0.328 e. The maximum atomic E-state index is 10.9. The van der Waals surface area contributed by atoms with Crippen LogP contribution < -0.4 is 0 Å². The standard InChI is InChI=1S/C21H36O4/c1-6-10-11-18(7-2)14-17(5)15-21(9-4)16-20(8-3,24-25-21)13-12-19(22)23/h10-13,17-18H,6-9,14-16H2,1-5H3,(H,22,23)/b11-10+,13-12+/t17?,18-,20+,21-/m0/s1. The van der Waals surface area contributed by atoms with Crippen LogP contribution in [0.4, 0.5) is 0 Å². The molecule has 0 spiro atoms. The van der Waals surface area contributed by atoms with Gasteiger partial charge in [0.1, 0.15) is 11.2 Å². The molecule has 1 N–H and O–H groups in total. The van der Waals surface area contributed by atoms with Gasteiger partial charge < -0.3 is 5.11 Å². The average molecular weight is 353 g/mol. The SMILES string of the molecule is CC/C=C/[C@H](CC)CC(C)C[C@@]1(CC)C[C@](/C=C/C(=O)O)(CC)OO1. The van der Waals surface area contributed by atoms with Gasteiger partial charge >= 0.3 is 5.97 Å². The Labute approximate surface area is 153 Å². The van der Waals surface area contributed by atoms with Crippen LogP contribution in [0.1, 0.15) is 79.6 Å². The molecule has 1 rings (SSSR count). The monoisotopic (exact) mass is 352 g/mol. The summed E-state index contributed by atoms with van der Waals surface area (Å²) in [7, 11) is 0. The third-order valence-electron chi connectivity index (χ3n) is 5.37. The zero-order valence-electron chi connectivity index (χ0n) is 16.6. The highest BCUT2D eigenvalue weighted by atomic mass is 17.2. The van der Waals surface area contributed by atoms with Crippen molar-refractivity contribution < 1.29 is 19.7 Å². The van der Waals surface area contributed by atoms with Gasteiger partial charge in [-0.05, 0) is 56.4 Å². The summed E-state index contributed by atoms with van der Waals surface area (Å²) in [4.78, 5) is 22.4. The molecule has 1 saturated heterocycles. The summed E-state index contributed by atoms with van der Waals surface area (Å²) in [6, 6.07) is 0. The molecule has 4 heteroatoms. The van der Waals surface area contributed by atoms with Gasteiger partial charge in [-0.1, -0.05) is 46.8 Å². The molecule has 0 saturated carbocycles. The lowest BCUT2D eigenvalue weighted by molar-refractivity contribution is -0.345. The molecular formula is C21H36O4. The van der Waals surface area contributed by atoms with E-state index in [0.29, 0.717) is 24.7 Å². The van der Waals surface area contributed by atoms with Crippen LogP contribution in [-0.2, 0) is 14.6 Å². The first-order valence-corrected chi connectivity index (χ1v) is 9.79. The average Bonchev–Trinajstić information content (AvgIpc) is 2.96. The summed E-state index contributed by atoms with van der Waals surface area (Å²) in [6.07, 6.45) is 14.0. The number of hydrogen-bond acceptors (Lipinski definition) is 3. The highest BCUT2D eigenvalue weighted by Gasteiger charge is 2.49. The molecule has 0 amide bonds. The Kier molecular flexibility index (Phi) is 8.87. The fourth-order valence-electron chi connectivity index (χ4n) is 3.77. The van der Waals surface area contributed by atoms with E-state index in [9.17, 15) is 4.79 Å². The van der Waals surface area contributed by atoms with Crippen molar-refractivity contribution in [2.75, 3.05) is 0 Å². The van der Waals surface area contributed by atoms with Crippen LogP contribution in [0.3, 0.4) is 0 Å². The van der Waals surface area contributed by atoms with Crippen molar-refractivity contribution in [2.45, 2.75) is 90.8 Å². The number of hydrogen-bond donors (Lipinski definition) is 1. The minimum atomic E-state index is -0.952. The van der Waals surface area contributed by atoms with Gasteiger partial charge in [-0.2, -0.15) is 0 Å². The molecule has 0 radical (unpaired) electrons. The fraction of sp³-hybridized carbons (Fsp3) is 0.762. The zero-order chi connectivity index (χ0) is 18.9. The first kappa shape index (κ1) is 21.9. The summed E-state index contributed by atoms with van der Waals surface area (Å²) in [6.45, 7) is 10.8. The molecule has 4 atom stereocenters. The molecule has 1 aliphatic heterocycles. The lowest BCUT2D eigenvalue weighted by Gasteiger charge is -2.29. The molecule has 0 aliphatic carbocycles. The molecular weight excluding hydrogens is 316 g/mol. The zero-order valence-corrected chi connectivity index (χ0v) is 16.6. The van der Waals surface area contributed by atoms with Crippen molar-refractivity contribution in [2.24, 2.45) is 11.8 Å². The lowest BCUT2D eigenvalue weighted by atomic mass is 9.77. The second-order valence-corrected chi connectivity index (χ2v) is 7.52. The Hall–Kier alpha value is -1.13. The van der Waals surface area contributed by atoms with Gasteiger partial charge in [0, 0.05) is 12.5 Å². The highest BCUT2D eigenvalue weighted by Crippen LogP contribution is 2.45. The van der Waals surface area contributed by atoms with E-state index in [-0.39, 0.29) is 5.60 Å². The summed E-state index contributed by atoms with van der Waals surface area (Å²) < 4.78 is 0. The maximum Gasteiger partial charge on any atom is 0.328 e. The van der Waals surface area contributed by atoms with E-state index in [1.165, 1.54) is 6.08 Å².